The van der Waals surface area contributed by atoms with E-state index in [-0.39, 0.29) is 0 Å². The predicted molar refractivity (Wildman–Crippen MR) is 183 cm³/mol. The average molecular weight is 556 g/mol. The van der Waals surface area contributed by atoms with Crippen molar-refractivity contribution in [1.82, 2.24) is 0 Å². The van der Waals surface area contributed by atoms with E-state index in [2.05, 4.69) is 20.8 Å². The number of rotatable bonds is 30. The molecule has 0 spiro atoms. The van der Waals surface area contributed by atoms with E-state index in [0.29, 0.717) is 0 Å². The molecule has 0 radical (unpaired) electrons. The summed E-state index contributed by atoms with van der Waals surface area (Å²) in [6, 6.07) is 0. The van der Waals surface area contributed by atoms with Gasteiger partial charge in [-0.1, -0.05) is 194 Å². The Morgan fingerprint density at radius 2 is 0.333 bits per heavy atom. The van der Waals surface area contributed by atoms with Crippen LogP contribution < -0.4 is 17.2 Å². The van der Waals surface area contributed by atoms with E-state index >= 15 is 0 Å². The molecule has 0 atom stereocenters. The zero-order valence-electron chi connectivity index (χ0n) is 28.1. The molecule has 6 N–H and O–H groups in total. The lowest BCUT2D eigenvalue weighted by atomic mass is 10.1. The quantitative estimate of drug-likeness (QED) is 0.0771. The van der Waals surface area contributed by atoms with Gasteiger partial charge in [0.05, 0.1) is 0 Å². The topological polar surface area (TPSA) is 78.1 Å². The first-order chi connectivity index (χ1) is 19.2. The van der Waals surface area contributed by atoms with Crippen molar-refractivity contribution >= 4 is 0 Å². The van der Waals surface area contributed by atoms with Crippen LogP contribution in [0.4, 0.5) is 0 Å². The molecule has 3 heteroatoms. The fraction of sp³-hybridized carbons (Fsp3) is 1.00. The van der Waals surface area contributed by atoms with Gasteiger partial charge in [-0.2, -0.15) is 0 Å². The number of hydrogen-bond acceptors (Lipinski definition) is 3. The molecule has 0 rings (SSSR count). The van der Waals surface area contributed by atoms with Gasteiger partial charge in [-0.3, -0.25) is 0 Å². The molecule has 240 valence electrons. The minimum absolute atomic E-state index is 0.872. The Labute approximate surface area is 250 Å². The van der Waals surface area contributed by atoms with Gasteiger partial charge in [0.25, 0.3) is 0 Å². The fourth-order valence-electron chi connectivity index (χ4n) is 4.90. The average Bonchev–Trinajstić information content (AvgIpc) is 2.95. The summed E-state index contributed by atoms with van der Waals surface area (Å²) >= 11 is 0. The third-order valence-electron chi connectivity index (χ3n) is 7.67. The van der Waals surface area contributed by atoms with Gasteiger partial charge >= 0.3 is 0 Å². The summed E-state index contributed by atoms with van der Waals surface area (Å²) in [6.45, 7) is 9.43. The monoisotopic (exact) mass is 556 g/mol. The van der Waals surface area contributed by atoms with Crippen molar-refractivity contribution in [2.75, 3.05) is 19.6 Å². The van der Waals surface area contributed by atoms with Crippen LogP contribution in [0.1, 0.15) is 213 Å². The highest BCUT2D eigenvalue weighted by Gasteiger charge is 1.93. The molecular formula is C36H81N3. The molecule has 0 aliphatic heterocycles. The summed E-state index contributed by atoms with van der Waals surface area (Å²) in [6.07, 6.45) is 41.8. The van der Waals surface area contributed by atoms with Crippen LogP contribution >= 0.6 is 0 Å². The zero-order valence-corrected chi connectivity index (χ0v) is 28.1. The molecule has 0 aliphatic carbocycles. The second kappa shape index (κ2) is 47.7. The fourth-order valence-corrected chi connectivity index (χ4v) is 4.90. The van der Waals surface area contributed by atoms with Crippen LogP contribution in [-0.2, 0) is 0 Å². The van der Waals surface area contributed by atoms with Crippen molar-refractivity contribution in [3.8, 4) is 0 Å². The van der Waals surface area contributed by atoms with E-state index in [0.717, 1.165) is 19.6 Å². The van der Waals surface area contributed by atoms with E-state index in [1.807, 2.05) is 0 Å². The normalized spacial score (nSPS) is 10.6. The minimum Gasteiger partial charge on any atom is -0.330 e. The van der Waals surface area contributed by atoms with E-state index in [1.54, 1.807) is 0 Å². The van der Waals surface area contributed by atoms with Crippen molar-refractivity contribution in [2.45, 2.75) is 213 Å². The molecule has 0 saturated heterocycles. The van der Waals surface area contributed by atoms with E-state index in [4.69, 9.17) is 17.2 Å². The maximum Gasteiger partial charge on any atom is -0.00773 e. The minimum atomic E-state index is 0.872. The Bertz CT molecular complexity index is 266. The number of hydrogen-bond donors (Lipinski definition) is 3. The van der Waals surface area contributed by atoms with Crippen LogP contribution in [0.25, 0.3) is 0 Å². The van der Waals surface area contributed by atoms with Crippen molar-refractivity contribution in [1.29, 1.82) is 0 Å². The summed E-state index contributed by atoms with van der Waals surface area (Å²) in [7, 11) is 0. The molecule has 0 heterocycles. The molecule has 0 unspecified atom stereocenters. The molecular weight excluding hydrogens is 474 g/mol. The SMILES string of the molecule is CCCCCCCCCCCCN.CCCCCCCCCCCCN.CCCCCCCCCCCCN. The van der Waals surface area contributed by atoms with Crippen LogP contribution in [0.3, 0.4) is 0 Å². The summed E-state index contributed by atoms with van der Waals surface area (Å²) in [5.41, 5.74) is 16.3. The molecule has 0 amide bonds. The predicted octanol–water partition coefficient (Wildman–Crippen LogP) is 11.6. The molecule has 0 aromatic rings. The summed E-state index contributed by atoms with van der Waals surface area (Å²) in [4.78, 5) is 0. The van der Waals surface area contributed by atoms with Gasteiger partial charge in [0.15, 0.2) is 0 Å². The highest BCUT2D eigenvalue weighted by atomic mass is 14.5. The maximum absolute atomic E-state index is 5.42. The van der Waals surface area contributed by atoms with Crippen LogP contribution in [0.15, 0.2) is 0 Å². The van der Waals surface area contributed by atoms with Crippen molar-refractivity contribution in [2.24, 2.45) is 17.2 Å². The highest BCUT2D eigenvalue weighted by Crippen LogP contribution is 2.11. The van der Waals surface area contributed by atoms with Crippen molar-refractivity contribution in [3.05, 3.63) is 0 Å². The second-order valence-corrected chi connectivity index (χ2v) is 11.9. The first kappa shape index (κ1) is 43.3. The highest BCUT2D eigenvalue weighted by molar-refractivity contribution is 4.49. The maximum atomic E-state index is 5.42. The Balaban J connectivity index is -0.000000498. The molecule has 0 saturated carbocycles. The molecule has 0 fully saturated rings. The standard InChI is InChI=1S/3C12H27N/c3*1-2-3-4-5-6-7-8-9-10-11-12-13/h3*2-13H2,1H3. The first-order valence-electron chi connectivity index (χ1n) is 18.3. The van der Waals surface area contributed by atoms with Gasteiger partial charge in [-0.05, 0) is 38.9 Å². The van der Waals surface area contributed by atoms with E-state index in [1.165, 1.54) is 193 Å². The molecule has 39 heavy (non-hydrogen) atoms. The third kappa shape index (κ3) is 54.6. The molecule has 0 aromatic heterocycles. The molecule has 0 aromatic carbocycles. The van der Waals surface area contributed by atoms with Crippen molar-refractivity contribution in [3.63, 3.8) is 0 Å². The molecule has 3 nitrogen and oxygen atoms in total. The third-order valence-corrected chi connectivity index (χ3v) is 7.67. The number of unbranched alkanes of at least 4 members (excludes halogenated alkanes) is 27. The Hall–Kier alpha value is -0.120. The van der Waals surface area contributed by atoms with Crippen LogP contribution in [0.5, 0.6) is 0 Å². The van der Waals surface area contributed by atoms with Gasteiger partial charge in [-0.25, -0.2) is 0 Å². The van der Waals surface area contributed by atoms with Crippen LogP contribution in [-0.4, -0.2) is 19.6 Å². The summed E-state index contributed by atoms with van der Waals surface area (Å²) < 4.78 is 0. The molecule has 0 aliphatic rings. The van der Waals surface area contributed by atoms with Gasteiger partial charge < -0.3 is 17.2 Å². The lowest BCUT2D eigenvalue weighted by Gasteiger charge is -2.00. The van der Waals surface area contributed by atoms with Gasteiger partial charge in [0, 0.05) is 0 Å². The van der Waals surface area contributed by atoms with Gasteiger partial charge in [0.2, 0.25) is 0 Å². The summed E-state index contributed by atoms with van der Waals surface area (Å²) in [5.74, 6) is 0. The number of nitrogens with two attached hydrogens (primary N) is 3. The zero-order chi connectivity index (χ0) is 29.3. The van der Waals surface area contributed by atoms with Crippen LogP contribution in [0, 0.1) is 0 Å². The van der Waals surface area contributed by atoms with E-state index < -0.39 is 0 Å². The van der Waals surface area contributed by atoms with Gasteiger partial charge in [-0.15, -0.1) is 0 Å². The lowest BCUT2D eigenvalue weighted by molar-refractivity contribution is 0.558. The molecule has 0 bridgehead atoms. The summed E-state index contributed by atoms with van der Waals surface area (Å²) in [5, 5.41) is 0. The Morgan fingerprint density at radius 3 is 0.462 bits per heavy atom. The first-order valence-corrected chi connectivity index (χ1v) is 18.3. The lowest BCUT2D eigenvalue weighted by Crippen LogP contribution is -1.97. The van der Waals surface area contributed by atoms with Crippen molar-refractivity contribution < 1.29 is 0 Å². The smallest absolute Gasteiger partial charge is 0.00773 e. The Kier molecular flexibility index (Phi) is 53.0. The Morgan fingerprint density at radius 1 is 0.205 bits per heavy atom. The van der Waals surface area contributed by atoms with Gasteiger partial charge in [0.1, 0.15) is 0 Å². The van der Waals surface area contributed by atoms with E-state index in [9.17, 15) is 0 Å². The largest absolute Gasteiger partial charge is 0.330 e. The van der Waals surface area contributed by atoms with Crippen LogP contribution in [0.2, 0.25) is 0 Å². The second-order valence-electron chi connectivity index (χ2n) is 11.9.